The highest BCUT2D eigenvalue weighted by atomic mass is 19.1. The van der Waals surface area contributed by atoms with E-state index in [2.05, 4.69) is 4.98 Å². The van der Waals surface area contributed by atoms with Crippen LogP contribution in [0.3, 0.4) is 0 Å². The molecule has 1 heterocycles. The molecule has 2 N–H and O–H groups in total. The number of carbonyl (C=O) groups is 1. The van der Waals surface area contributed by atoms with Gasteiger partial charge in [0.25, 0.3) is 0 Å². The van der Waals surface area contributed by atoms with Crippen LogP contribution in [-0.2, 0) is 11.2 Å². The van der Waals surface area contributed by atoms with Crippen molar-refractivity contribution in [2.24, 2.45) is 0 Å². The van der Waals surface area contributed by atoms with Gasteiger partial charge in [-0.05, 0) is 36.8 Å². The molecule has 0 unspecified atom stereocenters. The Balaban J connectivity index is 2.30. The van der Waals surface area contributed by atoms with E-state index in [0.29, 0.717) is 11.3 Å². The standard InChI is InChI=1S/C17H13F2NO2/c1-9-2-5-15-12(6-9)13(8-16(21)22)17(20-15)11-4-3-10(18)7-14(11)19/h2-7,20H,8H2,1H3,(H,21,22). The molecule has 0 atom stereocenters. The van der Waals surface area contributed by atoms with Crippen molar-refractivity contribution >= 4 is 16.9 Å². The highest BCUT2D eigenvalue weighted by Gasteiger charge is 2.18. The van der Waals surface area contributed by atoms with Crippen LogP contribution >= 0.6 is 0 Å². The van der Waals surface area contributed by atoms with Gasteiger partial charge in [-0.3, -0.25) is 4.79 Å². The molecule has 0 aliphatic carbocycles. The topological polar surface area (TPSA) is 53.1 Å². The van der Waals surface area contributed by atoms with Crippen molar-refractivity contribution in [2.75, 3.05) is 0 Å². The van der Waals surface area contributed by atoms with Crippen LogP contribution in [0, 0.1) is 18.6 Å². The van der Waals surface area contributed by atoms with Crippen LogP contribution in [-0.4, -0.2) is 16.1 Å². The van der Waals surface area contributed by atoms with E-state index in [-0.39, 0.29) is 12.0 Å². The molecule has 0 bridgehead atoms. The van der Waals surface area contributed by atoms with Crippen LogP contribution in [0.1, 0.15) is 11.1 Å². The van der Waals surface area contributed by atoms with Crippen LogP contribution in [0.15, 0.2) is 36.4 Å². The number of carboxylic acids is 1. The van der Waals surface area contributed by atoms with Crippen molar-refractivity contribution in [3.8, 4) is 11.3 Å². The van der Waals surface area contributed by atoms with E-state index in [1.165, 1.54) is 6.07 Å². The van der Waals surface area contributed by atoms with Crippen molar-refractivity contribution in [1.29, 1.82) is 0 Å². The number of rotatable bonds is 3. The molecule has 1 aromatic heterocycles. The Morgan fingerprint density at radius 1 is 1.18 bits per heavy atom. The smallest absolute Gasteiger partial charge is 0.307 e. The van der Waals surface area contributed by atoms with Gasteiger partial charge in [0.1, 0.15) is 11.6 Å². The predicted molar refractivity (Wildman–Crippen MR) is 79.7 cm³/mol. The molecule has 0 radical (unpaired) electrons. The largest absolute Gasteiger partial charge is 0.481 e. The number of H-pyrrole nitrogens is 1. The van der Waals surface area contributed by atoms with Gasteiger partial charge in [0.15, 0.2) is 0 Å². The molecule has 3 aromatic rings. The van der Waals surface area contributed by atoms with Gasteiger partial charge in [-0.2, -0.15) is 0 Å². The first-order valence-electron chi connectivity index (χ1n) is 6.74. The minimum absolute atomic E-state index is 0.159. The lowest BCUT2D eigenvalue weighted by Gasteiger charge is -2.05. The maximum atomic E-state index is 14.1. The summed E-state index contributed by atoms with van der Waals surface area (Å²) in [6.07, 6.45) is -0.240. The maximum absolute atomic E-state index is 14.1. The van der Waals surface area contributed by atoms with E-state index in [4.69, 9.17) is 5.11 Å². The quantitative estimate of drug-likeness (QED) is 0.767. The molecule has 0 aliphatic heterocycles. The van der Waals surface area contributed by atoms with Gasteiger partial charge in [0.2, 0.25) is 0 Å². The summed E-state index contributed by atoms with van der Waals surface area (Å²) in [5.41, 5.74) is 2.73. The van der Waals surface area contributed by atoms with E-state index in [1.54, 1.807) is 0 Å². The van der Waals surface area contributed by atoms with Gasteiger partial charge in [0.05, 0.1) is 12.1 Å². The fourth-order valence-corrected chi connectivity index (χ4v) is 2.62. The molecule has 112 valence electrons. The van der Waals surface area contributed by atoms with Gasteiger partial charge in [0, 0.05) is 22.5 Å². The molecule has 3 rings (SSSR count). The van der Waals surface area contributed by atoms with Crippen LogP contribution < -0.4 is 0 Å². The Morgan fingerprint density at radius 3 is 2.64 bits per heavy atom. The first-order chi connectivity index (χ1) is 10.5. The summed E-state index contributed by atoms with van der Waals surface area (Å²) in [7, 11) is 0. The van der Waals surface area contributed by atoms with Gasteiger partial charge in [-0.25, -0.2) is 8.78 Å². The van der Waals surface area contributed by atoms with E-state index in [9.17, 15) is 13.6 Å². The fourth-order valence-electron chi connectivity index (χ4n) is 2.62. The Hall–Kier alpha value is -2.69. The van der Waals surface area contributed by atoms with Crippen LogP contribution in [0.25, 0.3) is 22.2 Å². The Kier molecular flexibility index (Phi) is 3.41. The van der Waals surface area contributed by atoms with Crippen LogP contribution in [0.2, 0.25) is 0 Å². The normalized spacial score (nSPS) is 11.0. The molecular formula is C17H13F2NO2. The molecule has 22 heavy (non-hydrogen) atoms. The summed E-state index contributed by atoms with van der Waals surface area (Å²) in [6, 6.07) is 8.81. The van der Waals surface area contributed by atoms with Crippen molar-refractivity contribution in [3.05, 3.63) is 59.2 Å². The molecule has 0 saturated heterocycles. The SMILES string of the molecule is Cc1ccc2[nH]c(-c3ccc(F)cc3F)c(CC(=O)O)c2c1. The summed E-state index contributed by atoms with van der Waals surface area (Å²) in [5.74, 6) is -2.41. The summed E-state index contributed by atoms with van der Waals surface area (Å²) < 4.78 is 27.1. The van der Waals surface area contributed by atoms with E-state index >= 15 is 0 Å². The number of halogens is 2. The molecule has 2 aromatic carbocycles. The number of carboxylic acid groups (broad SMARTS) is 1. The summed E-state index contributed by atoms with van der Waals surface area (Å²) >= 11 is 0. The zero-order valence-corrected chi connectivity index (χ0v) is 11.8. The summed E-state index contributed by atoms with van der Waals surface area (Å²) in [6.45, 7) is 1.90. The fraction of sp³-hybridized carbons (Fsp3) is 0.118. The summed E-state index contributed by atoms with van der Waals surface area (Å²) in [4.78, 5) is 14.2. The lowest BCUT2D eigenvalue weighted by atomic mass is 10.0. The number of hydrogen-bond donors (Lipinski definition) is 2. The molecule has 0 aliphatic rings. The van der Waals surface area contributed by atoms with Crippen molar-refractivity contribution in [2.45, 2.75) is 13.3 Å². The van der Waals surface area contributed by atoms with Gasteiger partial charge >= 0.3 is 5.97 Å². The van der Waals surface area contributed by atoms with Crippen molar-refractivity contribution in [3.63, 3.8) is 0 Å². The summed E-state index contributed by atoms with van der Waals surface area (Å²) in [5, 5.41) is 9.87. The lowest BCUT2D eigenvalue weighted by Crippen LogP contribution is -2.01. The first-order valence-corrected chi connectivity index (χ1v) is 6.74. The number of benzene rings is 2. The average molecular weight is 301 g/mol. The Morgan fingerprint density at radius 2 is 1.95 bits per heavy atom. The molecule has 0 fully saturated rings. The number of aromatic nitrogens is 1. The predicted octanol–water partition coefficient (Wildman–Crippen LogP) is 4.05. The third-order valence-corrected chi connectivity index (χ3v) is 3.59. The molecule has 0 saturated carbocycles. The number of fused-ring (bicyclic) bond motifs is 1. The number of aliphatic carboxylic acids is 1. The van der Waals surface area contributed by atoms with E-state index in [0.717, 1.165) is 28.6 Å². The number of hydrogen-bond acceptors (Lipinski definition) is 1. The van der Waals surface area contributed by atoms with Crippen molar-refractivity contribution in [1.82, 2.24) is 4.98 Å². The minimum Gasteiger partial charge on any atom is -0.481 e. The first kappa shape index (κ1) is 14.3. The zero-order valence-electron chi connectivity index (χ0n) is 11.8. The number of aromatic amines is 1. The molecular weight excluding hydrogens is 288 g/mol. The van der Waals surface area contributed by atoms with Crippen LogP contribution in [0.5, 0.6) is 0 Å². The second-order valence-electron chi connectivity index (χ2n) is 5.22. The van der Waals surface area contributed by atoms with Gasteiger partial charge in [-0.15, -0.1) is 0 Å². The molecule has 3 nitrogen and oxygen atoms in total. The highest BCUT2D eigenvalue weighted by Crippen LogP contribution is 2.33. The van der Waals surface area contributed by atoms with Gasteiger partial charge in [-0.1, -0.05) is 11.6 Å². The second-order valence-corrected chi connectivity index (χ2v) is 5.22. The molecule has 0 amide bonds. The third kappa shape index (κ3) is 2.45. The lowest BCUT2D eigenvalue weighted by molar-refractivity contribution is -0.136. The second kappa shape index (κ2) is 5.26. The molecule has 5 heteroatoms. The monoisotopic (exact) mass is 301 g/mol. The maximum Gasteiger partial charge on any atom is 0.307 e. The van der Waals surface area contributed by atoms with E-state index in [1.807, 2.05) is 25.1 Å². The Labute approximate surface area is 125 Å². The van der Waals surface area contributed by atoms with Gasteiger partial charge < -0.3 is 10.1 Å². The third-order valence-electron chi connectivity index (χ3n) is 3.59. The number of aryl methyl sites for hydroxylation is 1. The highest BCUT2D eigenvalue weighted by molar-refractivity contribution is 5.94. The van der Waals surface area contributed by atoms with Crippen LogP contribution in [0.4, 0.5) is 8.78 Å². The number of nitrogens with one attached hydrogen (secondary N) is 1. The van der Waals surface area contributed by atoms with Crippen molar-refractivity contribution < 1.29 is 18.7 Å². The zero-order chi connectivity index (χ0) is 15.9. The Bertz CT molecular complexity index is 884. The minimum atomic E-state index is -1.01. The van der Waals surface area contributed by atoms with E-state index < -0.39 is 17.6 Å². The molecule has 0 spiro atoms. The average Bonchev–Trinajstić information content (AvgIpc) is 2.76.